The van der Waals surface area contributed by atoms with Crippen LogP contribution in [-0.2, 0) is 4.74 Å². The Labute approximate surface area is 102 Å². The Morgan fingerprint density at radius 1 is 1.50 bits per heavy atom. The lowest BCUT2D eigenvalue weighted by atomic mass is 9.78. The van der Waals surface area contributed by atoms with E-state index in [1.165, 1.54) is 11.3 Å². The fourth-order valence-corrected chi connectivity index (χ4v) is 2.38. The van der Waals surface area contributed by atoms with Gasteiger partial charge in [-0.25, -0.2) is 4.79 Å². The Kier molecular flexibility index (Phi) is 4.14. The minimum absolute atomic E-state index is 0.155. The first kappa shape index (κ1) is 13.2. The molecular formula is C13H20O2S. The van der Waals surface area contributed by atoms with E-state index in [-0.39, 0.29) is 11.4 Å². The zero-order chi connectivity index (χ0) is 12.3. The van der Waals surface area contributed by atoms with Crippen molar-refractivity contribution in [2.45, 2.75) is 40.5 Å². The molecule has 1 rings (SSSR count). The standard InChI is InChI=1S/C13H20O2S/c1-6-15-12(14)11-10(7-8-16-11)9(2)13(3,4)5/h7-9H,6H2,1-5H3. The van der Waals surface area contributed by atoms with Gasteiger partial charge in [-0.05, 0) is 35.3 Å². The molecule has 2 nitrogen and oxygen atoms in total. The molecule has 1 aromatic rings. The van der Waals surface area contributed by atoms with E-state index in [9.17, 15) is 4.79 Å². The van der Waals surface area contributed by atoms with E-state index >= 15 is 0 Å². The Morgan fingerprint density at radius 2 is 2.12 bits per heavy atom. The van der Waals surface area contributed by atoms with Crippen molar-refractivity contribution in [1.29, 1.82) is 0 Å². The SMILES string of the molecule is CCOC(=O)c1sccc1C(C)C(C)(C)C. The molecule has 0 saturated carbocycles. The first-order chi connectivity index (χ1) is 7.38. The maximum atomic E-state index is 11.7. The maximum Gasteiger partial charge on any atom is 0.348 e. The van der Waals surface area contributed by atoms with E-state index in [1.54, 1.807) is 0 Å². The van der Waals surface area contributed by atoms with E-state index in [4.69, 9.17) is 4.74 Å². The van der Waals surface area contributed by atoms with Gasteiger partial charge in [-0.1, -0.05) is 27.7 Å². The molecule has 0 amide bonds. The highest BCUT2D eigenvalue weighted by atomic mass is 32.1. The second-order valence-electron chi connectivity index (χ2n) is 5.01. The summed E-state index contributed by atoms with van der Waals surface area (Å²) in [4.78, 5) is 12.5. The van der Waals surface area contributed by atoms with Gasteiger partial charge in [0.2, 0.25) is 0 Å². The summed E-state index contributed by atoms with van der Waals surface area (Å²) >= 11 is 1.47. The molecule has 0 spiro atoms. The highest BCUT2D eigenvalue weighted by molar-refractivity contribution is 7.12. The Bertz CT molecular complexity index is 360. The average Bonchev–Trinajstić information content (AvgIpc) is 2.63. The van der Waals surface area contributed by atoms with Crippen molar-refractivity contribution < 1.29 is 9.53 Å². The van der Waals surface area contributed by atoms with Gasteiger partial charge < -0.3 is 4.74 Å². The van der Waals surface area contributed by atoms with E-state index < -0.39 is 0 Å². The Balaban J connectivity index is 2.99. The molecule has 3 heteroatoms. The van der Waals surface area contributed by atoms with Crippen LogP contribution in [0.3, 0.4) is 0 Å². The molecule has 0 radical (unpaired) electrons. The number of hydrogen-bond donors (Lipinski definition) is 0. The molecular weight excluding hydrogens is 220 g/mol. The summed E-state index contributed by atoms with van der Waals surface area (Å²) in [6.07, 6.45) is 0. The lowest BCUT2D eigenvalue weighted by molar-refractivity contribution is 0.0530. The molecule has 16 heavy (non-hydrogen) atoms. The number of thiophene rings is 1. The summed E-state index contributed by atoms with van der Waals surface area (Å²) < 4.78 is 5.06. The van der Waals surface area contributed by atoms with Crippen molar-refractivity contribution in [3.05, 3.63) is 21.9 Å². The van der Waals surface area contributed by atoms with Gasteiger partial charge in [0.05, 0.1) is 6.61 Å². The fourth-order valence-electron chi connectivity index (χ4n) is 1.49. The number of rotatable bonds is 3. The molecule has 0 fully saturated rings. The molecule has 0 aliphatic rings. The molecule has 1 aromatic heterocycles. The summed E-state index contributed by atoms with van der Waals surface area (Å²) in [6, 6.07) is 2.03. The summed E-state index contributed by atoms with van der Waals surface area (Å²) in [6.45, 7) is 11.0. The van der Waals surface area contributed by atoms with Gasteiger partial charge in [-0.15, -0.1) is 11.3 Å². The van der Waals surface area contributed by atoms with Crippen LogP contribution in [0.4, 0.5) is 0 Å². The van der Waals surface area contributed by atoms with E-state index in [0.717, 1.165) is 10.4 Å². The van der Waals surface area contributed by atoms with Gasteiger partial charge in [0.15, 0.2) is 0 Å². The van der Waals surface area contributed by atoms with Gasteiger partial charge in [-0.3, -0.25) is 0 Å². The molecule has 0 bridgehead atoms. The van der Waals surface area contributed by atoms with Crippen LogP contribution in [0.5, 0.6) is 0 Å². The minimum Gasteiger partial charge on any atom is -0.462 e. The van der Waals surface area contributed by atoms with Crippen LogP contribution in [0.15, 0.2) is 11.4 Å². The number of carbonyl (C=O) groups excluding carboxylic acids is 1. The second-order valence-corrected chi connectivity index (χ2v) is 5.93. The summed E-state index contributed by atoms with van der Waals surface area (Å²) in [7, 11) is 0. The van der Waals surface area contributed by atoms with Crippen LogP contribution in [0.25, 0.3) is 0 Å². The molecule has 0 saturated heterocycles. The van der Waals surface area contributed by atoms with Crippen LogP contribution in [-0.4, -0.2) is 12.6 Å². The Hall–Kier alpha value is -0.830. The van der Waals surface area contributed by atoms with Crippen LogP contribution in [0.1, 0.15) is 55.8 Å². The van der Waals surface area contributed by atoms with Crippen molar-refractivity contribution in [3.8, 4) is 0 Å². The molecule has 90 valence electrons. The number of hydrogen-bond acceptors (Lipinski definition) is 3. The molecule has 1 atom stereocenters. The zero-order valence-electron chi connectivity index (χ0n) is 10.7. The number of ether oxygens (including phenoxy) is 1. The molecule has 0 N–H and O–H groups in total. The van der Waals surface area contributed by atoms with Gasteiger partial charge >= 0.3 is 5.97 Å². The van der Waals surface area contributed by atoms with Crippen LogP contribution in [0, 0.1) is 5.41 Å². The highest BCUT2D eigenvalue weighted by Gasteiger charge is 2.27. The number of carbonyl (C=O) groups is 1. The first-order valence-corrected chi connectivity index (χ1v) is 6.50. The van der Waals surface area contributed by atoms with Gasteiger partial charge in [0, 0.05) is 0 Å². The van der Waals surface area contributed by atoms with E-state index in [1.807, 2.05) is 18.4 Å². The second kappa shape index (κ2) is 5.00. The molecule has 0 aliphatic carbocycles. The predicted octanol–water partition coefficient (Wildman–Crippen LogP) is 4.07. The van der Waals surface area contributed by atoms with Crippen molar-refractivity contribution in [2.75, 3.05) is 6.61 Å². The molecule has 1 heterocycles. The van der Waals surface area contributed by atoms with Gasteiger partial charge in [0.25, 0.3) is 0 Å². The topological polar surface area (TPSA) is 26.3 Å². The number of esters is 1. The molecule has 1 unspecified atom stereocenters. The van der Waals surface area contributed by atoms with Gasteiger partial charge in [-0.2, -0.15) is 0 Å². The predicted molar refractivity (Wildman–Crippen MR) is 68.1 cm³/mol. The normalized spacial score (nSPS) is 13.6. The largest absolute Gasteiger partial charge is 0.462 e. The minimum atomic E-state index is -0.191. The lowest BCUT2D eigenvalue weighted by Gasteiger charge is -2.27. The Morgan fingerprint density at radius 3 is 2.62 bits per heavy atom. The third kappa shape index (κ3) is 2.85. The van der Waals surface area contributed by atoms with Crippen molar-refractivity contribution in [3.63, 3.8) is 0 Å². The molecule has 0 aliphatic heterocycles. The third-order valence-electron chi connectivity index (χ3n) is 2.92. The van der Waals surface area contributed by atoms with Crippen molar-refractivity contribution in [1.82, 2.24) is 0 Å². The summed E-state index contributed by atoms with van der Waals surface area (Å²) in [5.74, 6) is 0.154. The smallest absolute Gasteiger partial charge is 0.348 e. The lowest BCUT2D eigenvalue weighted by Crippen LogP contribution is -2.17. The first-order valence-electron chi connectivity index (χ1n) is 5.62. The summed E-state index contributed by atoms with van der Waals surface area (Å²) in [5, 5.41) is 1.96. The maximum absolute atomic E-state index is 11.7. The van der Waals surface area contributed by atoms with E-state index in [2.05, 4.69) is 27.7 Å². The quantitative estimate of drug-likeness (QED) is 0.744. The average molecular weight is 240 g/mol. The third-order valence-corrected chi connectivity index (χ3v) is 3.83. The van der Waals surface area contributed by atoms with Crippen LogP contribution in [0.2, 0.25) is 0 Å². The van der Waals surface area contributed by atoms with Crippen molar-refractivity contribution >= 4 is 17.3 Å². The summed E-state index contributed by atoms with van der Waals surface area (Å²) in [5.41, 5.74) is 1.26. The van der Waals surface area contributed by atoms with Crippen LogP contribution >= 0.6 is 11.3 Å². The zero-order valence-corrected chi connectivity index (χ0v) is 11.5. The molecule has 0 aromatic carbocycles. The van der Waals surface area contributed by atoms with Gasteiger partial charge in [0.1, 0.15) is 4.88 Å². The van der Waals surface area contributed by atoms with Crippen LogP contribution < -0.4 is 0 Å². The highest BCUT2D eigenvalue weighted by Crippen LogP contribution is 2.38. The fraction of sp³-hybridized carbons (Fsp3) is 0.615. The monoisotopic (exact) mass is 240 g/mol. The van der Waals surface area contributed by atoms with Crippen molar-refractivity contribution in [2.24, 2.45) is 5.41 Å². The van der Waals surface area contributed by atoms with E-state index in [0.29, 0.717) is 12.5 Å².